The average molecular weight is 696 g/mol. The first-order chi connectivity index (χ1) is 24.5. The number of fused-ring (bicyclic) bond motifs is 1. The van der Waals surface area contributed by atoms with Gasteiger partial charge in [-0.25, -0.2) is 4.98 Å². The van der Waals surface area contributed by atoms with Crippen LogP contribution in [0.5, 0.6) is 0 Å². The monoisotopic (exact) mass is 695 g/mol. The zero-order valence-corrected chi connectivity index (χ0v) is 28.8. The third-order valence-corrected chi connectivity index (χ3v) is 9.88. The first kappa shape index (κ1) is 35.8. The number of amides is 1. The van der Waals surface area contributed by atoms with Gasteiger partial charge in [-0.2, -0.15) is 13.2 Å². The Balaban J connectivity index is 1.30. The van der Waals surface area contributed by atoms with Gasteiger partial charge in [0.05, 0.1) is 16.6 Å². The van der Waals surface area contributed by atoms with E-state index in [0.29, 0.717) is 41.2 Å². The highest BCUT2D eigenvalue weighted by atomic mass is 19.4. The number of nitrogens with zero attached hydrogens (tertiary/aromatic N) is 4. The van der Waals surface area contributed by atoms with Crippen molar-refractivity contribution >= 4 is 22.8 Å². The molecule has 0 radical (unpaired) electrons. The van der Waals surface area contributed by atoms with Crippen LogP contribution in [0, 0.1) is 5.41 Å². The van der Waals surface area contributed by atoms with Crippen LogP contribution in [0.1, 0.15) is 68.8 Å². The van der Waals surface area contributed by atoms with Gasteiger partial charge in [0.15, 0.2) is 0 Å². The van der Waals surface area contributed by atoms with Crippen molar-refractivity contribution in [2.75, 3.05) is 13.6 Å². The van der Waals surface area contributed by atoms with E-state index in [0.717, 1.165) is 72.5 Å². The Labute approximate surface area is 296 Å². The van der Waals surface area contributed by atoms with Gasteiger partial charge < -0.3 is 25.8 Å². The van der Waals surface area contributed by atoms with Gasteiger partial charge in [0.25, 0.3) is 5.91 Å². The first-order valence-electron chi connectivity index (χ1n) is 17.3. The Morgan fingerprint density at radius 3 is 2.25 bits per heavy atom. The molecule has 0 spiro atoms. The number of nitrogens with two attached hydrogens (primary N) is 2. The number of hydrogen-bond acceptors (Lipinski definition) is 5. The highest BCUT2D eigenvalue weighted by Gasteiger charge is 2.31. The number of benzene rings is 4. The normalized spacial score (nSPS) is 15.0. The fraction of sp³-hybridized carbons (Fsp3) is 0.325. The Bertz CT molecular complexity index is 1990. The number of likely N-dealkylation sites (tertiary alicyclic amines) is 1. The maximum atomic E-state index is 14.2. The number of rotatable bonds is 13. The highest BCUT2D eigenvalue weighted by Crippen LogP contribution is 2.30. The van der Waals surface area contributed by atoms with Crippen LogP contribution in [0.2, 0.25) is 0 Å². The number of hydrogen-bond donors (Lipinski definition) is 3. The molecule has 5 aromatic rings. The quantitative estimate of drug-likeness (QED) is 0.0915. The molecule has 11 heteroatoms. The summed E-state index contributed by atoms with van der Waals surface area (Å²) in [5.41, 5.74) is 16.7. The second kappa shape index (κ2) is 15.5. The molecule has 0 aliphatic carbocycles. The predicted molar refractivity (Wildman–Crippen MR) is 194 cm³/mol. The molecular weight excluding hydrogens is 651 g/mol. The summed E-state index contributed by atoms with van der Waals surface area (Å²) in [4.78, 5) is 23.3. The molecule has 6 rings (SSSR count). The van der Waals surface area contributed by atoms with Gasteiger partial charge in [-0.15, -0.1) is 0 Å². The van der Waals surface area contributed by atoms with Crippen molar-refractivity contribution in [3.8, 4) is 0 Å². The van der Waals surface area contributed by atoms with E-state index in [1.54, 1.807) is 23.1 Å². The molecule has 1 aliphatic rings. The number of alkyl halides is 3. The number of carbonyl (C=O) groups excluding carboxylic acids is 1. The number of aromatic nitrogens is 2. The largest absolute Gasteiger partial charge is 0.416 e. The van der Waals surface area contributed by atoms with E-state index < -0.39 is 11.7 Å². The molecule has 4 aromatic carbocycles. The summed E-state index contributed by atoms with van der Waals surface area (Å²) in [6, 6.07) is 26.4. The highest BCUT2D eigenvalue weighted by molar-refractivity contribution is 5.97. The number of nitrogen functional groups attached to an aromatic ring is 1. The van der Waals surface area contributed by atoms with Crippen molar-refractivity contribution in [1.29, 1.82) is 5.41 Å². The lowest BCUT2D eigenvalue weighted by Crippen LogP contribution is -2.30. The minimum absolute atomic E-state index is 0.00353. The molecule has 1 amide bonds. The van der Waals surface area contributed by atoms with Crippen molar-refractivity contribution in [2.24, 2.45) is 11.5 Å². The van der Waals surface area contributed by atoms with E-state index in [4.69, 9.17) is 21.9 Å². The minimum Gasteiger partial charge on any atom is -0.384 e. The van der Waals surface area contributed by atoms with Crippen LogP contribution >= 0.6 is 0 Å². The second-order valence-corrected chi connectivity index (χ2v) is 13.4. The Hall–Kier alpha value is -5.00. The van der Waals surface area contributed by atoms with E-state index >= 15 is 0 Å². The van der Waals surface area contributed by atoms with Crippen molar-refractivity contribution in [3.63, 3.8) is 0 Å². The smallest absolute Gasteiger partial charge is 0.384 e. The first-order valence-corrected chi connectivity index (χ1v) is 17.3. The van der Waals surface area contributed by atoms with Crippen molar-refractivity contribution in [2.45, 2.75) is 70.5 Å². The number of nitrogens with one attached hydrogen (secondary N) is 1. The van der Waals surface area contributed by atoms with Crippen LogP contribution in [-0.4, -0.2) is 50.7 Å². The lowest BCUT2D eigenvalue weighted by atomic mass is 10.1. The second-order valence-electron chi connectivity index (χ2n) is 13.4. The standard InChI is InChI=1S/C40H44F3N7O/c1-48-20-3-6-34(48)19-21-50-36-17-16-32(23-35(36)47-37(50)18-13-27-11-14-31(15-12-27)38(45)46)39(51)49(25-29-9-7-28(24-44)8-10-29)26-30-4-2-5-33(22-30)40(41,42)43/h2,4-5,7-12,14-17,22-23,34H,3,6,13,18-21,24-26,44H2,1H3,(H3,45,46). The molecule has 266 valence electrons. The van der Waals surface area contributed by atoms with E-state index in [9.17, 15) is 18.0 Å². The molecule has 0 saturated carbocycles. The summed E-state index contributed by atoms with van der Waals surface area (Å²) < 4.78 is 43.0. The van der Waals surface area contributed by atoms with Gasteiger partial charge in [-0.05, 0) is 91.9 Å². The van der Waals surface area contributed by atoms with Crippen molar-refractivity contribution in [3.05, 3.63) is 136 Å². The van der Waals surface area contributed by atoms with Crippen LogP contribution in [0.3, 0.4) is 0 Å². The van der Waals surface area contributed by atoms with Gasteiger partial charge in [0.2, 0.25) is 0 Å². The van der Waals surface area contributed by atoms with E-state index in [1.807, 2.05) is 54.6 Å². The number of carbonyl (C=O) groups is 1. The molecular formula is C40H44F3N7O. The Morgan fingerprint density at radius 1 is 0.902 bits per heavy atom. The van der Waals surface area contributed by atoms with Gasteiger partial charge in [-0.1, -0.05) is 60.7 Å². The van der Waals surface area contributed by atoms with Gasteiger partial charge >= 0.3 is 6.18 Å². The molecule has 5 N–H and O–H groups in total. The zero-order valence-electron chi connectivity index (χ0n) is 28.8. The average Bonchev–Trinajstić information content (AvgIpc) is 3.70. The minimum atomic E-state index is -4.49. The summed E-state index contributed by atoms with van der Waals surface area (Å²) in [5.74, 6) is 0.654. The SMILES string of the molecule is CN1CCCC1CCn1c(CCc2ccc(C(=N)N)cc2)nc2cc(C(=O)N(Cc3ccc(CN)cc3)Cc3cccc(C(F)(F)F)c3)ccc21. The molecule has 1 unspecified atom stereocenters. The van der Waals surface area contributed by atoms with Crippen molar-refractivity contribution < 1.29 is 18.0 Å². The maximum Gasteiger partial charge on any atom is 0.416 e. The third-order valence-electron chi connectivity index (χ3n) is 9.88. The summed E-state index contributed by atoms with van der Waals surface area (Å²) in [7, 11) is 2.17. The third kappa shape index (κ3) is 8.66. The van der Waals surface area contributed by atoms with Gasteiger partial charge in [0.1, 0.15) is 11.7 Å². The lowest BCUT2D eigenvalue weighted by molar-refractivity contribution is -0.137. The summed E-state index contributed by atoms with van der Waals surface area (Å²) in [5, 5.41) is 7.68. The fourth-order valence-electron chi connectivity index (χ4n) is 6.93. The lowest BCUT2D eigenvalue weighted by Gasteiger charge is -2.24. The van der Waals surface area contributed by atoms with Crippen LogP contribution in [0.4, 0.5) is 13.2 Å². The molecule has 1 fully saturated rings. The molecule has 8 nitrogen and oxygen atoms in total. The Kier molecular flexibility index (Phi) is 10.9. The van der Waals surface area contributed by atoms with E-state index in [-0.39, 0.29) is 24.8 Å². The number of halogens is 3. The van der Waals surface area contributed by atoms with E-state index in [1.165, 1.54) is 12.5 Å². The summed E-state index contributed by atoms with van der Waals surface area (Å²) >= 11 is 0. The van der Waals surface area contributed by atoms with Gasteiger partial charge in [-0.3, -0.25) is 10.2 Å². The summed E-state index contributed by atoms with van der Waals surface area (Å²) in [6.07, 6.45) is 0.264. The predicted octanol–water partition coefficient (Wildman–Crippen LogP) is 6.91. The maximum absolute atomic E-state index is 14.2. The molecule has 51 heavy (non-hydrogen) atoms. The molecule has 1 aromatic heterocycles. The molecule has 2 heterocycles. The number of aryl methyl sites for hydroxylation is 3. The number of imidazole rings is 1. The van der Waals surface area contributed by atoms with Crippen LogP contribution < -0.4 is 11.5 Å². The van der Waals surface area contributed by atoms with Crippen LogP contribution in [-0.2, 0) is 45.2 Å². The van der Waals surface area contributed by atoms with Crippen LogP contribution in [0.25, 0.3) is 11.0 Å². The van der Waals surface area contributed by atoms with E-state index in [2.05, 4.69) is 16.5 Å². The molecule has 1 aliphatic heterocycles. The topological polar surface area (TPSA) is 117 Å². The van der Waals surface area contributed by atoms with Crippen molar-refractivity contribution in [1.82, 2.24) is 19.4 Å². The number of amidine groups is 1. The zero-order chi connectivity index (χ0) is 36.1. The van der Waals surface area contributed by atoms with Gasteiger partial charge in [0, 0.05) is 49.8 Å². The van der Waals surface area contributed by atoms with Crippen LogP contribution in [0.15, 0.2) is 91.0 Å². The fourth-order valence-corrected chi connectivity index (χ4v) is 6.93. The molecule has 1 saturated heterocycles. The summed E-state index contributed by atoms with van der Waals surface area (Å²) in [6.45, 7) is 2.46. The molecule has 0 bridgehead atoms. The Morgan fingerprint density at radius 2 is 1.59 bits per heavy atom. The molecule has 1 atom stereocenters.